The van der Waals surface area contributed by atoms with Gasteiger partial charge in [-0.2, -0.15) is 0 Å². The SMILES string of the molecule is CCCCCCCCCCCCCCCCCCN(CCCCCCCCCCCCCCCCCC)C(=S)Nc1ccc(-c2c3ccc(=O)cc-3oc3cc(O)ccc23)c(C(=O)O)c1. The number of thiocarbonyl (C=S) groups is 1. The van der Waals surface area contributed by atoms with E-state index in [0.717, 1.165) is 25.9 Å². The lowest BCUT2D eigenvalue weighted by Crippen LogP contribution is -2.36. The molecule has 2 aliphatic rings. The summed E-state index contributed by atoms with van der Waals surface area (Å²) in [4.78, 5) is 27.5. The Balaban J connectivity index is 1.28. The molecule has 2 aromatic carbocycles. The average molecular weight is 911 g/mol. The van der Waals surface area contributed by atoms with E-state index in [1.165, 1.54) is 211 Å². The van der Waals surface area contributed by atoms with Crippen molar-refractivity contribution in [1.82, 2.24) is 4.90 Å². The summed E-state index contributed by atoms with van der Waals surface area (Å²) in [6.45, 7) is 6.33. The number of hydrogen-bond donors (Lipinski definition) is 3. The van der Waals surface area contributed by atoms with Crippen LogP contribution in [0.2, 0.25) is 0 Å². The first-order valence-corrected chi connectivity index (χ1v) is 26.9. The number of aromatic carboxylic acids is 1. The Morgan fingerprint density at radius 2 is 0.985 bits per heavy atom. The summed E-state index contributed by atoms with van der Waals surface area (Å²) in [7, 11) is 0. The molecule has 0 unspecified atom stereocenters. The number of hydrogen-bond acceptors (Lipinski definition) is 5. The highest BCUT2D eigenvalue weighted by Crippen LogP contribution is 2.42. The second kappa shape index (κ2) is 32.7. The fraction of sp³-hybridized carbons (Fsp3) is 0.632. The molecular weight excluding hydrogens is 825 g/mol. The molecule has 0 saturated heterocycles. The first-order valence-electron chi connectivity index (χ1n) is 26.5. The highest BCUT2D eigenvalue weighted by atomic mass is 32.1. The van der Waals surface area contributed by atoms with Gasteiger partial charge in [0.15, 0.2) is 10.5 Å². The topological polar surface area (TPSA) is 103 Å². The average Bonchev–Trinajstić information content (AvgIpc) is 3.29. The molecule has 3 N–H and O–H groups in total. The van der Waals surface area contributed by atoms with Crippen LogP contribution in [0.3, 0.4) is 0 Å². The van der Waals surface area contributed by atoms with Gasteiger partial charge in [0.25, 0.3) is 0 Å². The number of benzene rings is 3. The van der Waals surface area contributed by atoms with Crippen molar-refractivity contribution in [3.05, 3.63) is 70.4 Å². The van der Waals surface area contributed by atoms with E-state index >= 15 is 0 Å². The van der Waals surface area contributed by atoms with Crippen LogP contribution in [0.25, 0.3) is 33.4 Å². The lowest BCUT2D eigenvalue weighted by molar-refractivity contribution is 0.0697. The monoisotopic (exact) mass is 911 g/mol. The summed E-state index contributed by atoms with van der Waals surface area (Å²) in [6.07, 6.45) is 42.8. The Bertz CT molecular complexity index is 1920. The van der Waals surface area contributed by atoms with Crippen LogP contribution in [0.5, 0.6) is 5.75 Å². The Labute approximate surface area is 398 Å². The lowest BCUT2D eigenvalue weighted by Gasteiger charge is -2.26. The van der Waals surface area contributed by atoms with E-state index in [4.69, 9.17) is 16.6 Å². The van der Waals surface area contributed by atoms with E-state index in [9.17, 15) is 19.8 Å². The zero-order valence-electron chi connectivity index (χ0n) is 40.7. The summed E-state index contributed by atoms with van der Waals surface area (Å²) in [5.74, 6) is -0.738. The van der Waals surface area contributed by atoms with Gasteiger partial charge in [0.1, 0.15) is 17.1 Å². The number of unbranched alkanes of at least 4 members (excludes halogenated alkanes) is 30. The molecule has 0 atom stereocenters. The molecule has 2 aromatic rings. The van der Waals surface area contributed by atoms with Crippen molar-refractivity contribution in [1.29, 1.82) is 0 Å². The number of carboxylic acid groups (broad SMARTS) is 1. The zero-order valence-corrected chi connectivity index (χ0v) is 41.5. The van der Waals surface area contributed by atoms with Gasteiger partial charge in [0.2, 0.25) is 0 Å². The standard InChI is InChI=1S/C57H86N2O5S/c1-3-5-7-9-11-13-15-17-19-21-23-25-27-29-31-33-41-59(42-34-32-30-28-26-24-22-20-18-16-14-12-10-8-6-4-2)57(65)58-46-35-38-49(52(43-46)56(62)63)55-50-39-36-47(60)44-53(50)64-54-45-48(61)37-40-51(54)55/h35-40,43-45,60H,3-34,41-42H2,1-2H3,(H,58,65)(H,62,63). The number of nitrogens with zero attached hydrogens (tertiary/aromatic N) is 1. The fourth-order valence-electron chi connectivity index (χ4n) is 9.39. The van der Waals surface area contributed by atoms with Crippen LogP contribution in [0.4, 0.5) is 5.69 Å². The molecule has 360 valence electrons. The van der Waals surface area contributed by atoms with Crippen molar-refractivity contribution >= 4 is 40.0 Å². The minimum atomic E-state index is -1.07. The molecule has 65 heavy (non-hydrogen) atoms. The molecule has 1 aliphatic carbocycles. The normalized spacial score (nSPS) is 11.5. The van der Waals surface area contributed by atoms with Crippen molar-refractivity contribution < 1.29 is 19.4 Å². The molecule has 0 saturated carbocycles. The third-order valence-electron chi connectivity index (χ3n) is 13.3. The van der Waals surface area contributed by atoms with Crippen molar-refractivity contribution in [3.63, 3.8) is 0 Å². The van der Waals surface area contributed by atoms with E-state index < -0.39 is 5.97 Å². The number of aromatic hydroxyl groups is 1. The van der Waals surface area contributed by atoms with Crippen LogP contribution >= 0.6 is 12.2 Å². The largest absolute Gasteiger partial charge is 0.508 e. The van der Waals surface area contributed by atoms with E-state index in [1.807, 2.05) is 6.07 Å². The van der Waals surface area contributed by atoms with Gasteiger partial charge < -0.3 is 24.8 Å². The third-order valence-corrected chi connectivity index (χ3v) is 13.7. The molecule has 8 heteroatoms. The van der Waals surface area contributed by atoms with Crippen LogP contribution in [0.15, 0.2) is 63.8 Å². The molecule has 7 nitrogen and oxygen atoms in total. The number of rotatable bonds is 37. The van der Waals surface area contributed by atoms with Gasteiger partial charge in [-0.25, -0.2) is 4.79 Å². The van der Waals surface area contributed by atoms with Gasteiger partial charge >= 0.3 is 5.97 Å². The molecule has 0 aromatic heterocycles. The second-order valence-electron chi connectivity index (χ2n) is 18.9. The minimum Gasteiger partial charge on any atom is -0.508 e. The first-order chi connectivity index (χ1) is 31.8. The number of carboxylic acids is 1. The maximum absolute atomic E-state index is 12.9. The van der Waals surface area contributed by atoms with Crippen LogP contribution in [0, 0.1) is 0 Å². The molecule has 4 rings (SSSR count). The molecule has 0 spiro atoms. The number of phenols is 1. The van der Waals surface area contributed by atoms with Crippen molar-refractivity contribution in [2.75, 3.05) is 18.4 Å². The Hall–Kier alpha value is -3.91. The Kier molecular flexibility index (Phi) is 27.0. The maximum Gasteiger partial charge on any atom is 0.336 e. The predicted molar refractivity (Wildman–Crippen MR) is 280 cm³/mol. The maximum atomic E-state index is 12.9. The van der Waals surface area contributed by atoms with Crippen molar-refractivity contribution in [2.45, 2.75) is 219 Å². The molecule has 1 heterocycles. The fourth-order valence-corrected chi connectivity index (χ4v) is 9.69. The number of fused-ring (bicyclic) bond motifs is 2. The van der Waals surface area contributed by atoms with Gasteiger partial charge in [0.05, 0.1) is 5.56 Å². The smallest absolute Gasteiger partial charge is 0.336 e. The summed E-state index contributed by atoms with van der Waals surface area (Å²) >= 11 is 6.07. The van der Waals surface area contributed by atoms with E-state index in [2.05, 4.69) is 24.1 Å². The van der Waals surface area contributed by atoms with Crippen molar-refractivity contribution in [3.8, 4) is 28.2 Å². The van der Waals surface area contributed by atoms with Crippen LogP contribution < -0.4 is 10.7 Å². The molecule has 0 fully saturated rings. The van der Waals surface area contributed by atoms with Gasteiger partial charge in [-0.3, -0.25) is 4.79 Å². The minimum absolute atomic E-state index is 0.0140. The summed E-state index contributed by atoms with van der Waals surface area (Å²) < 4.78 is 6.02. The van der Waals surface area contributed by atoms with E-state index in [0.29, 0.717) is 44.2 Å². The zero-order chi connectivity index (χ0) is 46.3. The Morgan fingerprint density at radius 1 is 0.554 bits per heavy atom. The molecule has 0 bridgehead atoms. The second-order valence-corrected chi connectivity index (χ2v) is 19.3. The van der Waals surface area contributed by atoms with Crippen LogP contribution in [-0.4, -0.2) is 39.3 Å². The number of nitrogens with one attached hydrogen (secondary N) is 1. The van der Waals surface area contributed by atoms with Gasteiger partial charge in [-0.05, 0) is 67.0 Å². The van der Waals surface area contributed by atoms with Gasteiger partial charge in [-0.15, -0.1) is 0 Å². The van der Waals surface area contributed by atoms with Crippen molar-refractivity contribution in [2.24, 2.45) is 0 Å². The van der Waals surface area contributed by atoms with E-state index in [-0.39, 0.29) is 16.7 Å². The molecule has 1 aliphatic heterocycles. The Morgan fingerprint density at radius 3 is 1.43 bits per heavy atom. The highest BCUT2D eigenvalue weighted by molar-refractivity contribution is 7.80. The third kappa shape index (κ3) is 20.7. The first kappa shape index (κ1) is 53.7. The van der Waals surface area contributed by atoms with Gasteiger partial charge in [0, 0.05) is 47.4 Å². The summed E-state index contributed by atoms with van der Waals surface area (Å²) in [5, 5.41) is 25.5. The number of anilines is 1. The predicted octanol–water partition coefficient (Wildman–Crippen LogP) is 17.5. The lowest BCUT2D eigenvalue weighted by atomic mass is 9.90. The van der Waals surface area contributed by atoms with Crippen LogP contribution in [-0.2, 0) is 0 Å². The van der Waals surface area contributed by atoms with E-state index in [1.54, 1.807) is 30.3 Å². The molecule has 0 amide bonds. The highest BCUT2D eigenvalue weighted by Gasteiger charge is 2.23. The van der Waals surface area contributed by atoms with Crippen LogP contribution in [0.1, 0.15) is 230 Å². The molecule has 0 radical (unpaired) electrons. The van der Waals surface area contributed by atoms with Gasteiger partial charge in [-0.1, -0.05) is 213 Å². The summed E-state index contributed by atoms with van der Waals surface area (Å²) in [5.41, 5.74) is 2.59. The number of carbonyl (C=O) groups is 1. The summed E-state index contributed by atoms with van der Waals surface area (Å²) in [6, 6.07) is 14.6. The quantitative estimate of drug-likeness (QED) is 0.0234. The number of phenolic OH excluding ortho intramolecular Hbond substituents is 1. The molecular formula is C57H86N2O5S.